The van der Waals surface area contributed by atoms with E-state index in [2.05, 4.69) is 0 Å². The van der Waals surface area contributed by atoms with Crippen LogP contribution in [-0.2, 0) is 0 Å². The normalized spacial score (nSPS) is 13.7. The van der Waals surface area contributed by atoms with Gasteiger partial charge in [-0.3, -0.25) is 4.79 Å². The molecule has 0 N–H and O–H groups in total. The fourth-order valence-corrected chi connectivity index (χ4v) is 2.99. The SMILES string of the molecule is COc1cc2sc(C(C)=O)cc2c2c1OCCO2. The summed E-state index contributed by atoms with van der Waals surface area (Å²) in [6.45, 7) is 2.59. The molecule has 0 saturated heterocycles. The van der Waals surface area contributed by atoms with Gasteiger partial charge in [0.05, 0.1) is 12.0 Å². The monoisotopic (exact) mass is 264 g/mol. The van der Waals surface area contributed by atoms with E-state index >= 15 is 0 Å². The molecular formula is C13H12O4S. The summed E-state index contributed by atoms with van der Waals surface area (Å²) in [7, 11) is 1.60. The lowest BCUT2D eigenvalue weighted by atomic mass is 10.2. The number of thiophene rings is 1. The van der Waals surface area contributed by atoms with Crippen molar-refractivity contribution < 1.29 is 19.0 Å². The van der Waals surface area contributed by atoms with Crippen molar-refractivity contribution in [1.82, 2.24) is 0 Å². The summed E-state index contributed by atoms with van der Waals surface area (Å²) in [5.74, 6) is 2.01. The second-order valence-electron chi connectivity index (χ2n) is 4.01. The van der Waals surface area contributed by atoms with Crippen LogP contribution in [0.2, 0.25) is 0 Å². The van der Waals surface area contributed by atoms with E-state index in [4.69, 9.17) is 14.2 Å². The molecule has 4 nitrogen and oxygen atoms in total. The first-order valence-corrected chi connectivity index (χ1v) is 6.43. The number of benzene rings is 1. The lowest BCUT2D eigenvalue weighted by Gasteiger charge is -2.21. The Morgan fingerprint density at radius 2 is 2.00 bits per heavy atom. The first kappa shape index (κ1) is 11.3. The van der Waals surface area contributed by atoms with Crippen molar-refractivity contribution in [2.24, 2.45) is 0 Å². The lowest BCUT2D eigenvalue weighted by Crippen LogP contribution is -2.16. The van der Waals surface area contributed by atoms with E-state index in [0.29, 0.717) is 30.5 Å². The smallest absolute Gasteiger partial charge is 0.204 e. The van der Waals surface area contributed by atoms with Gasteiger partial charge < -0.3 is 14.2 Å². The molecule has 94 valence electrons. The highest BCUT2D eigenvalue weighted by molar-refractivity contribution is 7.20. The summed E-state index contributed by atoms with van der Waals surface area (Å²) in [6, 6.07) is 3.75. The maximum Gasteiger partial charge on any atom is 0.204 e. The highest BCUT2D eigenvalue weighted by atomic mass is 32.1. The van der Waals surface area contributed by atoms with Crippen LogP contribution in [0.4, 0.5) is 0 Å². The number of ketones is 1. The fourth-order valence-electron chi connectivity index (χ4n) is 2.00. The molecular weight excluding hydrogens is 252 g/mol. The highest BCUT2D eigenvalue weighted by Crippen LogP contribution is 2.47. The minimum absolute atomic E-state index is 0.0562. The van der Waals surface area contributed by atoms with E-state index in [-0.39, 0.29) is 5.78 Å². The molecule has 1 aliphatic heterocycles. The van der Waals surface area contributed by atoms with Gasteiger partial charge in [0.2, 0.25) is 5.75 Å². The van der Waals surface area contributed by atoms with E-state index in [1.54, 1.807) is 14.0 Å². The van der Waals surface area contributed by atoms with Gasteiger partial charge in [-0.15, -0.1) is 11.3 Å². The molecule has 1 aliphatic rings. The van der Waals surface area contributed by atoms with Crippen molar-refractivity contribution in [1.29, 1.82) is 0 Å². The standard InChI is InChI=1S/C13H12O4S/c1-7(14)10-5-8-11(18-10)6-9(15-2)13-12(8)16-3-4-17-13/h5-6H,3-4H2,1-2H3. The molecule has 1 aromatic heterocycles. The quantitative estimate of drug-likeness (QED) is 0.782. The van der Waals surface area contributed by atoms with E-state index in [0.717, 1.165) is 15.0 Å². The summed E-state index contributed by atoms with van der Waals surface area (Å²) in [5.41, 5.74) is 0. The number of methoxy groups -OCH3 is 1. The predicted molar refractivity (Wildman–Crippen MR) is 69.4 cm³/mol. The number of fused-ring (bicyclic) bond motifs is 3. The van der Waals surface area contributed by atoms with Crippen LogP contribution in [0, 0.1) is 0 Å². The number of carbonyl (C=O) groups is 1. The molecule has 3 rings (SSSR count). The minimum atomic E-state index is 0.0562. The van der Waals surface area contributed by atoms with E-state index < -0.39 is 0 Å². The largest absolute Gasteiger partial charge is 0.493 e. The molecule has 1 aromatic carbocycles. The number of hydrogen-bond donors (Lipinski definition) is 0. The number of Topliss-reactive ketones (excluding diaryl/α,β-unsaturated/α-hetero) is 1. The molecule has 0 radical (unpaired) electrons. The molecule has 0 spiro atoms. The van der Waals surface area contributed by atoms with Crippen molar-refractivity contribution in [3.63, 3.8) is 0 Å². The Hall–Kier alpha value is -1.75. The number of rotatable bonds is 2. The summed E-state index contributed by atoms with van der Waals surface area (Å²) < 4.78 is 17.5. The Labute approximate surface area is 108 Å². The van der Waals surface area contributed by atoms with Crippen molar-refractivity contribution in [2.75, 3.05) is 20.3 Å². The van der Waals surface area contributed by atoms with E-state index in [9.17, 15) is 4.79 Å². The van der Waals surface area contributed by atoms with Crippen molar-refractivity contribution in [3.8, 4) is 17.2 Å². The Kier molecular flexibility index (Phi) is 2.63. The van der Waals surface area contributed by atoms with Gasteiger partial charge in [0.1, 0.15) is 13.2 Å². The average Bonchev–Trinajstić information content (AvgIpc) is 2.82. The number of carbonyl (C=O) groups excluding carboxylic acids is 1. The maximum absolute atomic E-state index is 11.4. The Balaban J connectivity index is 2.30. The minimum Gasteiger partial charge on any atom is -0.493 e. The molecule has 0 saturated carbocycles. The molecule has 0 amide bonds. The highest BCUT2D eigenvalue weighted by Gasteiger charge is 2.22. The van der Waals surface area contributed by atoms with Crippen molar-refractivity contribution in [2.45, 2.75) is 6.92 Å². The summed E-state index contributed by atoms with van der Waals surface area (Å²) >= 11 is 1.44. The summed E-state index contributed by atoms with van der Waals surface area (Å²) in [6.07, 6.45) is 0. The van der Waals surface area contributed by atoms with Crippen LogP contribution in [0.5, 0.6) is 17.2 Å². The third kappa shape index (κ3) is 1.62. The zero-order valence-corrected chi connectivity index (χ0v) is 10.9. The second-order valence-corrected chi connectivity index (χ2v) is 5.10. The average molecular weight is 264 g/mol. The van der Waals surface area contributed by atoms with Crippen LogP contribution < -0.4 is 14.2 Å². The van der Waals surface area contributed by atoms with Crippen molar-refractivity contribution >= 4 is 27.2 Å². The lowest BCUT2D eigenvalue weighted by molar-refractivity contribution is 0.102. The first-order chi connectivity index (χ1) is 8.70. The third-order valence-electron chi connectivity index (χ3n) is 2.84. The van der Waals surface area contributed by atoms with Gasteiger partial charge in [0, 0.05) is 16.2 Å². The van der Waals surface area contributed by atoms with Crippen LogP contribution in [0.3, 0.4) is 0 Å². The topological polar surface area (TPSA) is 44.8 Å². The summed E-state index contributed by atoms with van der Waals surface area (Å²) in [5, 5.41) is 0.917. The van der Waals surface area contributed by atoms with Crippen LogP contribution in [-0.4, -0.2) is 26.1 Å². The predicted octanol–water partition coefficient (Wildman–Crippen LogP) is 2.88. The Morgan fingerprint density at radius 1 is 1.28 bits per heavy atom. The molecule has 0 fully saturated rings. The molecule has 5 heteroatoms. The molecule has 0 bridgehead atoms. The molecule has 18 heavy (non-hydrogen) atoms. The van der Waals surface area contributed by atoms with Gasteiger partial charge in [0.15, 0.2) is 17.3 Å². The van der Waals surface area contributed by atoms with Gasteiger partial charge in [-0.05, 0) is 13.0 Å². The van der Waals surface area contributed by atoms with Gasteiger partial charge in [-0.25, -0.2) is 0 Å². The fraction of sp³-hybridized carbons (Fsp3) is 0.308. The van der Waals surface area contributed by atoms with E-state index in [1.165, 1.54) is 11.3 Å². The second kappa shape index (κ2) is 4.17. The van der Waals surface area contributed by atoms with E-state index in [1.807, 2.05) is 12.1 Å². The first-order valence-electron chi connectivity index (χ1n) is 5.62. The van der Waals surface area contributed by atoms with Gasteiger partial charge >= 0.3 is 0 Å². The van der Waals surface area contributed by atoms with Crippen LogP contribution in [0.25, 0.3) is 10.1 Å². The van der Waals surface area contributed by atoms with Crippen LogP contribution >= 0.6 is 11.3 Å². The molecule has 0 atom stereocenters. The third-order valence-corrected chi connectivity index (χ3v) is 4.02. The maximum atomic E-state index is 11.4. The number of hydrogen-bond acceptors (Lipinski definition) is 5. The van der Waals surface area contributed by atoms with Crippen molar-refractivity contribution in [3.05, 3.63) is 17.0 Å². The Bertz CT molecular complexity index is 629. The zero-order chi connectivity index (χ0) is 12.7. The van der Waals surface area contributed by atoms with Crippen LogP contribution in [0.15, 0.2) is 12.1 Å². The molecule has 2 aromatic rings. The van der Waals surface area contributed by atoms with Crippen LogP contribution in [0.1, 0.15) is 16.6 Å². The van der Waals surface area contributed by atoms with Gasteiger partial charge in [-0.1, -0.05) is 0 Å². The zero-order valence-electron chi connectivity index (χ0n) is 10.1. The van der Waals surface area contributed by atoms with Gasteiger partial charge in [-0.2, -0.15) is 0 Å². The summed E-state index contributed by atoms with van der Waals surface area (Å²) in [4.78, 5) is 12.2. The van der Waals surface area contributed by atoms with Gasteiger partial charge in [0.25, 0.3) is 0 Å². The number of ether oxygens (including phenoxy) is 3. The molecule has 0 unspecified atom stereocenters. The molecule has 0 aliphatic carbocycles. The molecule has 2 heterocycles. The Morgan fingerprint density at radius 3 is 2.67 bits per heavy atom.